The lowest BCUT2D eigenvalue weighted by atomic mass is 10.1. The third kappa shape index (κ3) is 2.97. The van der Waals surface area contributed by atoms with E-state index in [1.54, 1.807) is 0 Å². The van der Waals surface area contributed by atoms with Crippen LogP contribution in [0.25, 0.3) is 0 Å². The Balaban J connectivity index is 1.78. The highest BCUT2D eigenvalue weighted by molar-refractivity contribution is 5.92. The lowest BCUT2D eigenvalue weighted by molar-refractivity contribution is -0.116. The van der Waals surface area contributed by atoms with Crippen LogP contribution in [0, 0.1) is 6.92 Å². The van der Waals surface area contributed by atoms with Crippen LogP contribution in [0.1, 0.15) is 31.4 Å². The average Bonchev–Trinajstić information content (AvgIpc) is 2.92. The molecule has 0 saturated carbocycles. The van der Waals surface area contributed by atoms with Crippen molar-refractivity contribution in [3.63, 3.8) is 0 Å². The number of carbonyl (C=O) groups is 1. The molecule has 6 nitrogen and oxygen atoms in total. The zero-order valence-corrected chi connectivity index (χ0v) is 9.95. The molecule has 2 heterocycles. The zero-order valence-electron chi connectivity index (χ0n) is 9.95. The number of nitrogens with one attached hydrogen (secondary N) is 2. The number of carbonyl (C=O) groups excluding carboxylic acids is 1. The molecular formula is C11H18N4O2. The number of amides is 1. The van der Waals surface area contributed by atoms with Gasteiger partial charge >= 0.3 is 0 Å². The first-order valence-electron chi connectivity index (χ1n) is 5.88. The fourth-order valence-electron chi connectivity index (χ4n) is 1.89. The number of anilines is 2. The Bertz CT molecular complexity index is 396. The van der Waals surface area contributed by atoms with Gasteiger partial charge in [-0.15, -0.1) is 0 Å². The molecule has 1 amide bonds. The van der Waals surface area contributed by atoms with Gasteiger partial charge in [0.2, 0.25) is 5.91 Å². The molecule has 17 heavy (non-hydrogen) atoms. The van der Waals surface area contributed by atoms with Gasteiger partial charge in [-0.05, 0) is 26.2 Å². The van der Waals surface area contributed by atoms with Crippen molar-refractivity contribution in [2.75, 3.05) is 17.7 Å². The molecule has 1 fully saturated rings. The maximum Gasteiger partial charge on any atom is 0.225 e. The molecule has 1 aromatic rings. The highest BCUT2D eigenvalue weighted by atomic mass is 16.5. The first-order chi connectivity index (χ1) is 8.16. The summed E-state index contributed by atoms with van der Waals surface area (Å²) in [6.45, 7) is 2.63. The first-order valence-corrected chi connectivity index (χ1v) is 5.88. The second-order valence-electron chi connectivity index (χ2n) is 4.33. The number of aromatic amines is 1. The van der Waals surface area contributed by atoms with Crippen molar-refractivity contribution in [2.45, 2.75) is 38.7 Å². The molecule has 4 N–H and O–H groups in total. The molecule has 0 radical (unpaired) electrons. The van der Waals surface area contributed by atoms with E-state index in [0.717, 1.165) is 31.6 Å². The summed E-state index contributed by atoms with van der Waals surface area (Å²) in [5.74, 6) is 0.346. The summed E-state index contributed by atoms with van der Waals surface area (Å²) in [5.41, 5.74) is 7.00. The molecule has 1 unspecified atom stereocenters. The summed E-state index contributed by atoms with van der Waals surface area (Å²) in [6, 6.07) is 0. The van der Waals surface area contributed by atoms with Crippen molar-refractivity contribution in [2.24, 2.45) is 0 Å². The third-order valence-corrected chi connectivity index (χ3v) is 2.97. The predicted molar refractivity (Wildman–Crippen MR) is 64.6 cm³/mol. The normalized spacial score (nSPS) is 19.5. The molecule has 1 aliphatic heterocycles. The Labute approximate surface area is 99.9 Å². The van der Waals surface area contributed by atoms with E-state index in [1.165, 1.54) is 0 Å². The van der Waals surface area contributed by atoms with E-state index < -0.39 is 0 Å². The molecular weight excluding hydrogens is 220 g/mol. The average molecular weight is 238 g/mol. The predicted octanol–water partition coefficient (Wildman–Crippen LogP) is 1.20. The van der Waals surface area contributed by atoms with Gasteiger partial charge in [0, 0.05) is 13.0 Å². The lowest BCUT2D eigenvalue weighted by Crippen LogP contribution is -2.16. The van der Waals surface area contributed by atoms with Gasteiger partial charge < -0.3 is 15.8 Å². The number of hydrogen-bond acceptors (Lipinski definition) is 4. The molecule has 2 rings (SSSR count). The maximum absolute atomic E-state index is 11.7. The Morgan fingerprint density at radius 2 is 2.53 bits per heavy atom. The van der Waals surface area contributed by atoms with Crippen molar-refractivity contribution in [1.29, 1.82) is 0 Å². The molecule has 0 spiro atoms. The maximum atomic E-state index is 11.7. The smallest absolute Gasteiger partial charge is 0.225 e. The number of nitrogen functional groups attached to an aromatic ring is 1. The van der Waals surface area contributed by atoms with Gasteiger partial charge in [-0.25, -0.2) is 0 Å². The lowest BCUT2D eigenvalue weighted by Gasteiger charge is -2.08. The number of hydrogen-bond donors (Lipinski definition) is 3. The van der Waals surface area contributed by atoms with E-state index in [9.17, 15) is 4.79 Å². The Kier molecular flexibility index (Phi) is 3.63. The highest BCUT2D eigenvalue weighted by Gasteiger charge is 2.17. The fourth-order valence-corrected chi connectivity index (χ4v) is 1.89. The first kappa shape index (κ1) is 11.9. The summed E-state index contributed by atoms with van der Waals surface area (Å²) in [6.07, 6.45) is 3.58. The van der Waals surface area contributed by atoms with E-state index in [0.29, 0.717) is 17.9 Å². The number of ether oxygens (including phenoxy) is 1. The summed E-state index contributed by atoms with van der Waals surface area (Å²) in [4.78, 5) is 11.7. The van der Waals surface area contributed by atoms with Gasteiger partial charge in [0.25, 0.3) is 0 Å². The van der Waals surface area contributed by atoms with Crippen molar-refractivity contribution in [3.8, 4) is 0 Å². The van der Waals surface area contributed by atoms with E-state index in [1.807, 2.05) is 6.92 Å². The van der Waals surface area contributed by atoms with Crippen LogP contribution in [0.3, 0.4) is 0 Å². The van der Waals surface area contributed by atoms with Crippen LogP contribution < -0.4 is 11.1 Å². The summed E-state index contributed by atoms with van der Waals surface area (Å²) in [5, 5.41) is 9.34. The van der Waals surface area contributed by atoms with Crippen molar-refractivity contribution in [1.82, 2.24) is 10.2 Å². The third-order valence-electron chi connectivity index (χ3n) is 2.97. The standard InChI is InChI=1S/C11H18N4O2/c1-7-10(12)11(15-14-7)13-9(16)5-4-8-3-2-6-17-8/h8H,2-6,12H2,1H3,(H2,13,14,15,16). The van der Waals surface area contributed by atoms with Crippen LogP contribution in [0.2, 0.25) is 0 Å². The molecule has 1 aromatic heterocycles. The SMILES string of the molecule is Cc1[nH]nc(NC(=O)CCC2CCCO2)c1N. The Morgan fingerprint density at radius 3 is 3.12 bits per heavy atom. The molecule has 0 aromatic carbocycles. The van der Waals surface area contributed by atoms with E-state index in [2.05, 4.69) is 15.5 Å². The highest BCUT2D eigenvalue weighted by Crippen LogP contribution is 2.20. The number of rotatable bonds is 4. The van der Waals surface area contributed by atoms with Gasteiger partial charge in [0.05, 0.1) is 17.5 Å². The number of nitrogens with zero attached hydrogens (tertiary/aromatic N) is 1. The number of H-pyrrole nitrogens is 1. The van der Waals surface area contributed by atoms with Crippen LogP contribution >= 0.6 is 0 Å². The van der Waals surface area contributed by atoms with E-state index >= 15 is 0 Å². The number of nitrogens with two attached hydrogens (primary N) is 1. The van der Waals surface area contributed by atoms with Crippen molar-refractivity contribution in [3.05, 3.63) is 5.69 Å². The monoisotopic (exact) mass is 238 g/mol. The van der Waals surface area contributed by atoms with E-state index in [-0.39, 0.29) is 12.0 Å². The van der Waals surface area contributed by atoms with Crippen molar-refractivity contribution >= 4 is 17.4 Å². The molecule has 6 heteroatoms. The molecule has 94 valence electrons. The minimum absolute atomic E-state index is 0.0706. The molecule has 1 saturated heterocycles. The second kappa shape index (κ2) is 5.18. The van der Waals surface area contributed by atoms with Crippen molar-refractivity contribution < 1.29 is 9.53 Å². The molecule has 0 aliphatic carbocycles. The van der Waals surface area contributed by atoms with Crippen LogP contribution in [0.4, 0.5) is 11.5 Å². The quantitative estimate of drug-likeness (QED) is 0.734. The summed E-state index contributed by atoms with van der Waals surface area (Å²) in [7, 11) is 0. The Morgan fingerprint density at radius 1 is 1.71 bits per heavy atom. The molecule has 1 atom stereocenters. The largest absolute Gasteiger partial charge is 0.394 e. The topological polar surface area (TPSA) is 93.0 Å². The molecule has 0 bridgehead atoms. The van der Waals surface area contributed by atoms with Gasteiger partial charge in [-0.3, -0.25) is 9.89 Å². The van der Waals surface area contributed by atoms with Gasteiger partial charge in [0.15, 0.2) is 5.82 Å². The fraction of sp³-hybridized carbons (Fsp3) is 0.636. The van der Waals surface area contributed by atoms with Crippen LogP contribution in [-0.2, 0) is 9.53 Å². The van der Waals surface area contributed by atoms with Crippen LogP contribution in [0.15, 0.2) is 0 Å². The second-order valence-corrected chi connectivity index (χ2v) is 4.33. The van der Waals surface area contributed by atoms with Crippen LogP contribution in [0.5, 0.6) is 0 Å². The number of aryl methyl sites for hydroxylation is 1. The zero-order chi connectivity index (χ0) is 12.3. The van der Waals surface area contributed by atoms with E-state index in [4.69, 9.17) is 10.5 Å². The Hall–Kier alpha value is -1.56. The minimum Gasteiger partial charge on any atom is -0.394 e. The number of aromatic nitrogens is 2. The summed E-state index contributed by atoms with van der Waals surface area (Å²) < 4.78 is 5.45. The van der Waals surface area contributed by atoms with Crippen LogP contribution in [-0.4, -0.2) is 28.8 Å². The molecule has 1 aliphatic rings. The summed E-state index contributed by atoms with van der Waals surface area (Å²) >= 11 is 0. The minimum atomic E-state index is -0.0706. The van der Waals surface area contributed by atoms with Gasteiger partial charge in [-0.1, -0.05) is 0 Å². The van der Waals surface area contributed by atoms with Gasteiger partial charge in [-0.2, -0.15) is 5.10 Å². The van der Waals surface area contributed by atoms with Gasteiger partial charge in [0.1, 0.15) is 0 Å².